The maximum Gasteiger partial charge on any atom is 0.241 e. The molecule has 0 aromatic carbocycles. The summed E-state index contributed by atoms with van der Waals surface area (Å²) >= 11 is 0. The summed E-state index contributed by atoms with van der Waals surface area (Å²) in [4.78, 5) is 3.86. The molecule has 2 N–H and O–H groups in total. The fourth-order valence-corrected chi connectivity index (χ4v) is 0.841. The van der Waals surface area contributed by atoms with E-state index in [-0.39, 0.29) is 29.6 Å². The van der Waals surface area contributed by atoms with Gasteiger partial charge in [0.25, 0.3) is 0 Å². The van der Waals surface area contributed by atoms with E-state index in [1.54, 1.807) is 0 Å². The number of rotatable bonds is 2. The first-order valence-electron chi connectivity index (χ1n) is 3.59. The molecular weight excluding hydrogens is 188 g/mol. The highest BCUT2D eigenvalue weighted by Crippen LogP contribution is 2.17. The summed E-state index contributed by atoms with van der Waals surface area (Å²) in [5, 5.41) is 18.8. The Kier molecular flexibility index (Phi) is 1.83. The zero-order valence-electron chi connectivity index (χ0n) is 6.84. The molecule has 0 aliphatic carbocycles. The molecule has 0 radical (unpaired) electrons. The Labute approximate surface area is 77.3 Å². The summed E-state index contributed by atoms with van der Waals surface area (Å²) in [6, 6.07) is 1.87. The summed E-state index contributed by atoms with van der Waals surface area (Å²) in [6.45, 7) is 0. The van der Waals surface area contributed by atoms with Gasteiger partial charge in [-0.25, -0.2) is 4.63 Å². The molecule has 0 spiro atoms. The van der Waals surface area contributed by atoms with Gasteiger partial charge < -0.3 is 10.3 Å². The number of aromatic nitrogens is 4. The van der Waals surface area contributed by atoms with Crippen LogP contribution in [0.3, 0.4) is 0 Å². The molecule has 0 atom stereocenters. The molecule has 0 aliphatic heterocycles. The van der Waals surface area contributed by atoms with Crippen LogP contribution in [0.15, 0.2) is 9.15 Å². The second-order valence-corrected chi connectivity index (χ2v) is 2.34. The standard InChI is InChI=1S/C6H4N6O2/c7-2-1-3-9-6(12-13-3)4-5(8)11-14-10-4/h1H2,(H2,8,11). The van der Waals surface area contributed by atoms with E-state index in [0.717, 1.165) is 0 Å². The summed E-state index contributed by atoms with van der Waals surface area (Å²) in [7, 11) is 0. The van der Waals surface area contributed by atoms with Gasteiger partial charge in [0.1, 0.15) is 6.42 Å². The van der Waals surface area contributed by atoms with Crippen molar-refractivity contribution in [3.63, 3.8) is 0 Å². The van der Waals surface area contributed by atoms with Crippen LogP contribution in [0.4, 0.5) is 5.82 Å². The maximum absolute atomic E-state index is 8.37. The molecule has 0 fully saturated rings. The lowest BCUT2D eigenvalue weighted by atomic mass is 10.4. The van der Waals surface area contributed by atoms with Crippen molar-refractivity contribution >= 4 is 5.82 Å². The molecule has 70 valence electrons. The second kappa shape index (κ2) is 3.14. The summed E-state index contributed by atoms with van der Waals surface area (Å²) in [5.41, 5.74) is 5.61. The smallest absolute Gasteiger partial charge is 0.241 e. The molecule has 2 heterocycles. The molecule has 14 heavy (non-hydrogen) atoms. The van der Waals surface area contributed by atoms with Crippen molar-refractivity contribution in [2.45, 2.75) is 6.42 Å². The van der Waals surface area contributed by atoms with Crippen molar-refractivity contribution < 1.29 is 9.15 Å². The first-order chi connectivity index (χ1) is 6.81. The predicted molar refractivity (Wildman–Crippen MR) is 41.3 cm³/mol. The van der Waals surface area contributed by atoms with Crippen LogP contribution < -0.4 is 5.73 Å². The monoisotopic (exact) mass is 192 g/mol. The molecule has 2 aromatic heterocycles. The molecule has 0 aliphatic rings. The average Bonchev–Trinajstić information content (AvgIpc) is 2.74. The highest BCUT2D eigenvalue weighted by atomic mass is 16.6. The SMILES string of the molecule is N#CCc1nc(-c2nonc2N)no1. The summed E-state index contributed by atoms with van der Waals surface area (Å²) < 4.78 is 9.09. The first kappa shape index (κ1) is 8.18. The molecular formula is C6H4N6O2. The van der Waals surface area contributed by atoms with Gasteiger partial charge in [-0.1, -0.05) is 5.16 Å². The molecule has 0 saturated heterocycles. The fourth-order valence-electron chi connectivity index (χ4n) is 0.841. The van der Waals surface area contributed by atoms with Crippen LogP contribution in [0.5, 0.6) is 0 Å². The van der Waals surface area contributed by atoms with Gasteiger partial charge in [-0.3, -0.25) is 0 Å². The van der Waals surface area contributed by atoms with Crippen molar-refractivity contribution in [1.82, 2.24) is 20.5 Å². The first-order valence-corrected chi connectivity index (χ1v) is 3.59. The number of nitrogens with two attached hydrogens (primary N) is 1. The topological polar surface area (TPSA) is 128 Å². The Hall–Kier alpha value is -2.43. The lowest BCUT2D eigenvalue weighted by molar-refractivity contribution is 0.310. The lowest BCUT2D eigenvalue weighted by Gasteiger charge is -1.82. The third kappa shape index (κ3) is 1.27. The quantitative estimate of drug-likeness (QED) is 0.690. The zero-order valence-corrected chi connectivity index (χ0v) is 6.84. The molecule has 0 unspecified atom stereocenters. The highest BCUT2D eigenvalue weighted by molar-refractivity contribution is 5.61. The van der Waals surface area contributed by atoms with Gasteiger partial charge in [0, 0.05) is 0 Å². The van der Waals surface area contributed by atoms with Crippen LogP contribution in [-0.2, 0) is 6.42 Å². The van der Waals surface area contributed by atoms with Gasteiger partial charge in [0.05, 0.1) is 6.07 Å². The van der Waals surface area contributed by atoms with Crippen LogP contribution in [0.25, 0.3) is 11.5 Å². The molecule has 0 amide bonds. The molecule has 0 bridgehead atoms. The number of hydrogen-bond acceptors (Lipinski definition) is 8. The Balaban J connectivity index is 2.35. The zero-order chi connectivity index (χ0) is 9.97. The minimum Gasteiger partial charge on any atom is -0.379 e. The van der Waals surface area contributed by atoms with Gasteiger partial charge in [0.2, 0.25) is 11.7 Å². The molecule has 0 saturated carbocycles. The van der Waals surface area contributed by atoms with Crippen molar-refractivity contribution in [2.75, 3.05) is 5.73 Å². The minimum absolute atomic E-state index is 0.0399. The Morgan fingerprint density at radius 3 is 2.86 bits per heavy atom. The van der Waals surface area contributed by atoms with Crippen LogP contribution in [0.1, 0.15) is 5.89 Å². The van der Waals surface area contributed by atoms with E-state index < -0.39 is 0 Å². The van der Waals surface area contributed by atoms with Gasteiger partial charge in [-0.15, -0.1) is 0 Å². The van der Waals surface area contributed by atoms with Gasteiger partial charge in [-0.05, 0) is 10.3 Å². The predicted octanol–water partition coefficient (Wildman–Crippen LogP) is -0.232. The van der Waals surface area contributed by atoms with E-state index in [9.17, 15) is 0 Å². The number of nitriles is 1. The van der Waals surface area contributed by atoms with E-state index >= 15 is 0 Å². The van der Waals surface area contributed by atoms with E-state index in [0.29, 0.717) is 0 Å². The molecule has 8 nitrogen and oxygen atoms in total. The fraction of sp³-hybridized carbons (Fsp3) is 0.167. The second-order valence-electron chi connectivity index (χ2n) is 2.34. The lowest BCUT2D eigenvalue weighted by Crippen LogP contribution is -1.90. The van der Waals surface area contributed by atoms with Gasteiger partial charge in [-0.2, -0.15) is 10.2 Å². The van der Waals surface area contributed by atoms with Gasteiger partial charge in [0.15, 0.2) is 11.5 Å². The third-order valence-corrected chi connectivity index (χ3v) is 1.42. The van der Waals surface area contributed by atoms with Crippen LogP contribution in [0.2, 0.25) is 0 Å². The van der Waals surface area contributed by atoms with Crippen LogP contribution in [-0.4, -0.2) is 20.5 Å². The molecule has 2 aromatic rings. The Morgan fingerprint density at radius 2 is 2.21 bits per heavy atom. The van der Waals surface area contributed by atoms with Crippen LogP contribution >= 0.6 is 0 Å². The van der Waals surface area contributed by atoms with Gasteiger partial charge >= 0.3 is 0 Å². The largest absolute Gasteiger partial charge is 0.379 e. The van der Waals surface area contributed by atoms with E-state index in [1.165, 1.54) is 0 Å². The average molecular weight is 192 g/mol. The van der Waals surface area contributed by atoms with Crippen molar-refractivity contribution in [3.8, 4) is 17.6 Å². The maximum atomic E-state index is 8.37. The summed E-state index contributed by atoms with van der Waals surface area (Å²) in [6.07, 6.45) is 0.0399. The minimum atomic E-state index is 0.0399. The third-order valence-electron chi connectivity index (χ3n) is 1.42. The number of nitrogen functional groups attached to an aromatic ring is 1. The van der Waals surface area contributed by atoms with Crippen molar-refractivity contribution in [1.29, 1.82) is 5.26 Å². The van der Waals surface area contributed by atoms with Crippen molar-refractivity contribution in [2.24, 2.45) is 0 Å². The molecule has 2 rings (SSSR count). The van der Waals surface area contributed by atoms with E-state index in [4.69, 9.17) is 15.5 Å². The van der Waals surface area contributed by atoms with Crippen molar-refractivity contribution in [3.05, 3.63) is 5.89 Å². The summed E-state index contributed by atoms with van der Waals surface area (Å²) in [5.74, 6) is 0.438. The van der Waals surface area contributed by atoms with E-state index in [1.807, 2.05) is 6.07 Å². The Bertz CT molecular complexity index is 480. The molecule has 8 heteroatoms. The number of hydrogen-bond donors (Lipinski definition) is 1. The number of anilines is 1. The number of nitrogens with zero attached hydrogens (tertiary/aromatic N) is 5. The van der Waals surface area contributed by atoms with Crippen LogP contribution in [0, 0.1) is 11.3 Å². The Morgan fingerprint density at radius 1 is 1.36 bits per heavy atom. The highest BCUT2D eigenvalue weighted by Gasteiger charge is 2.15. The van der Waals surface area contributed by atoms with E-state index in [2.05, 4.69) is 25.1 Å². The normalized spacial score (nSPS) is 9.93.